The van der Waals surface area contributed by atoms with Crippen LogP contribution < -0.4 is 5.32 Å². The molecule has 1 aromatic rings. The molecule has 1 amide bonds. The lowest BCUT2D eigenvalue weighted by molar-refractivity contribution is -0.105. The van der Waals surface area contributed by atoms with E-state index in [1.165, 1.54) is 0 Å². The number of rotatable bonds is 3. The molecule has 0 saturated carbocycles. The Kier molecular flexibility index (Phi) is 5.22. The quantitative estimate of drug-likeness (QED) is 0.490. The maximum atomic E-state index is 10.5. The van der Waals surface area contributed by atoms with Crippen LogP contribution in [0.2, 0.25) is 0 Å². The molecule has 1 rings (SSSR count). The third kappa shape index (κ3) is 5.17. The van der Waals surface area contributed by atoms with Gasteiger partial charge in [0.1, 0.15) is 6.29 Å². The molecule has 0 fully saturated rings. The lowest BCUT2D eigenvalue weighted by Gasteiger charge is -2.07. The van der Waals surface area contributed by atoms with Crippen LogP contribution in [0, 0.1) is 6.92 Å². The van der Waals surface area contributed by atoms with E-state index in [9.17, 15) is 9.59 Å². The Morgan fingerprint density at radius 2 is 2.35 bits per heavy atom. The van der Waals surface area contributed by atoms with Crippen molar-refractivity contribution < 1.29 is 14.7 Å². The number of nitrogens with one attached hydrogen (secondary N) is 1. The number of amides is 1. The maximum Gasteiger partial charge on any atom is 0.433 e. The highest BCUT2D eigenvalue weighted by atomic mass is 32.2. The van der Waals surface area contributed by atoms with E-state index >= 15 is 0 Å². The first-order valence-electron chi connectivity index (χ1n) is 4.83. The summed E-state index contributed by atoms with van der Waals surface area (Å²) in [6, 6.07) is 7.43. The molecule has 0 aliphatic heterocycles. The molecule has 0 aliphatic carbocycles. The van der Waals surface area contributed by atoms with Gasteiger partial charge < -0.3 is 15.2 Å². The van der Waals surface area contributed by atoms with Gasteiger partial charge >= 0.3 is 6.09 Å². The molecule has 0 bridgehead atoms. The first-order valence-corrected chi connectivity index (χ1v) is 5.82. The van der Waals surface area contributed by atoms with Gasteiger partial charge in [-0.2, -0.15) is 4.99 Å². The molecule has 0 aliphatic rings. The van der Waals surface area contributed by atoms with Crippen LogP contribution in [0.3, 0.4) is 0 Å². The zero-order valence-corrected chi connectivity index (χ0v) is 10.0. The van der Waals surface area contributed by atoms with Gasteiger partial charge in [-0.3, -0.25) is 0 Å². The second kappa shape index (κ2) is 6.70. The minimum absolute atomic E-state index is 0.158. The second-order valence-corrected chi connectivity index (χ2v) is 4.18. The SMILES string of the molecule is Cc1cccc(N/C(=N/C(=O)O)SCC=O)c1. The molecule has 0 atom stereocenters. The van der Waals surface area contributed by atoms with Crippen molar-refractivity contribution in [1.82, 2.24) is 0 Å². The largest absolute Gasteiger partial charge is 0.463 e. The van der Waals surface area contributed by atoms with Crippen molar-refractivity contribution in [2.24, 2.45) is 4.99 Å². The van der Waals surface area contributed by atoms with Crippen LogP contribution in [0.15, 0.2) is 29.3 Å². The standard InChI is InChI=1S/C11H12N2O3S/c1-8-3-2-4-9(7-8)12-10(13-11(15)16)17-6-5-14/h2-5,7H,6H2,1H3,(H,12,13)(H,15,16). The van der Waals surface area contributed by atoms with Crippen molar-refractivity contribution in [2.45, 2.75) is 6.92 Å². The Morgan fingerprint density at radius 3 is 2.94 bits per heavy atom. The maximum absolute atomic E-state index is 10.5. The van der Waals surface area contributed by atoms with Crippen molar-refractivity contribution in [2.75, 3.05) is 11.1 Å². The molecule has 90 valence electrons. The van der Waals surface area contributed by atoms with E-state index in [1.807, 2.05) is 25.1 Å². The summed E-state index contributed by atoms with van der Waals surface area (Å²) in [6.45, 7) is 1.93. The highest BCUT2D eigenvalue weighted by Gasteiger charge is 2.04. The molecule has 5 nitrogen and oxygen atoms in total. The van der Waals surface area contributed by atoms with Gasteiger partial charge in [0.05, 0.1) is 5.75 Å². The summed E-state index contributed by atoms with van der Waals surface area (Å²) < 4.78 is 0. The number of carbonyl (C=O) groups is 2. The lowest BCUT2D eigenvalue weighted by atomic mass is 10.2. The summed E-state index contributed by atoms with van der Waals surface area (Å²) in [6.07, 6.45) is -0.599. The Bertz CT molecular complexity index is 446. The highest BCUT2D eigenvalue weighted by molar-refractivity contribution is 8.14. The Balaban J connectivity index is 2.78. The van der Waals surface area contributed by atoms with Crippen LogP contribution in [0.1, 0.15) is 5.56 Å². The monoisotopic (exact) mass is 252 g/mol. The van der Waals surface area contributed by atoms with Crippen LogP contribution in [0.5, 0.6) is 0 Å². The van der Waals surface area contributed by atoms with Gasteiger partial charge in [-0.05, 0) is 24.6 Å². The fraction of sp³-hybridized carbons (Fsp3) is 0.182. The highest BCUT2D eigenvalue weighted by Crippen LogP contribution is 2.13. The molecule has 17 heavy (non-hydrogen) atoms. The minimum atomic E-state index is -1.29. The van der Waals surface area contributed by atoms with E-state index in [0.717, 1.165) is 23.0 Å². The number of amidine groups is 1. The van der Waals surface area contributed by atoms with Gasteiger partial charge in [0, 0.05) is 5.69 Å². The zero-order valence-electron chi connectivity index (χ0n) is 9.21. The number of carbonyl (C=O) groups excluding carboxylic acids is 1. The van der Waals surface area contributed by atoms with Crippen molar-refractivity contribution >= 4 is 35.0 Å². The van der Waals surface area contributed by atoms with E-state index in [4.69, 9.17) is 5.11 Å². The van der Waals surface area contributed by atoms with Crippen molar-refractivity contribution in [3.63, 3.8) is 0 Å². The van der Waals surface area contributed by atoms with E-state index in [2.05, 4.69) is 10.3 Å². The molecule has 1 aromatic carbocycles. The molecule has 0 radical (unpaired) electrons. The predicted molar refractivity (Wildman–Crippen MR) is 68.8 cm³/mol. The average molecular weight is 252 g/mol. The smallest absolute Gasteiger partial charge is 0.433 e. The molecule has 0 aromatic heterocycles. The number of aliphatic imine (C=N–C) groups is 1. The summed E-state index contributed by atoms with van der Waals surface area (Å²) in [5, 5.41) is 11.6. The number of aldehydes is 1. The van der Waals surface area contributed by atoms with Gasteiger partial charge in [-0.25, -0.2) is 4.79 Å². The molecule has 0 unspecified atom stereocenters. The number of benzene rings is 1. The van der Waals surface area contributed by atoms with E-state index in [0.29, 0.717) is 6.29 Å². The Hall–Kier alpha value is -1.82. The summed E-state index contributed by atoms with van der Waals surface area (Å²) in [7, 11) is 0. The third-order valence-electron chi connectivity index (χ3n) is 1.75. The van der Waals surface area contributed by atoms with E-state index in [1.54, 1.807) is 6.07 Å². The van der Waals surface area contributed by atoms with E-state index in [-0.39, 0.29) is 10.9 Å². The molecular weight excluding hydrogens is 240 g/mol. The molecular formula is C11H12N2O3S. The van der Waals surface area contributed by atoms with Gasteiger partial charge in [0.2, 0.25) is 0 Å². The molecule has 0 heterocycles. The van der Waals surface area contributed by atoms with Gasteiger partial charge in [0.15, 0.2) is 5.17 Å². The van der Waals surface area contributed by atoms with Gasteiger partial charge in [-0.1, -0.05) is 23.9 Å². The zero-order chi connectivity index (χ0) is 12.7. The minimum Gasteiger partial charge on any atom is -0.463 e. The summed E-state index contributed by atoms with van der Waals surface area (Å²) in [5.74, 6) is 0.158. The molecule has 2 N–H and O–H groups in total. The van der Waals surface area contributed by atoms with Gasteiger partial charge in [0.25, 0.3) is 0 Å². The van der Waals surface area contributed by atoms with Crippen molar-refractivity contribution in [3.05, 3.63) is 29.8 Å². The first-order chi connectivity index (χ1) is 8.11. The van der Waals surface area contributed by atoms with Crippen LogP contribution >= 0.6 is 11.8 Å². The van der Waals surface area contributed by atoms with E-state index < -0.39 is 6.09 Å². The third-order valence-corrected chi connectivity index (χ3v) is 2.52. The lowest BCUT2D eigenvalue weighted by Crippen LogP contribution is -2.11. The van der Waals surface area contributed by atoms with Crippen molar-refractivity contribution in [1.29, 1.82) is 0 Å². The molecule has 6 heteroatoms. The predicted octanol–water partition coefficient (Wildman–Crippen LogP) is 2.37. The van der Waals surface area contributed by atoms with Crippen LogP contribution in [0.25, 0.3) is 0 Å². The summed E-state index contributed by atoms with van der Waals surface area (Å²) >= 11 is 1.04. The molecule has 0 spiro atoms. The van der Waals surface area contributed by atoms with Crippen LogP contribution in [0.4, 0.5) is 10.5 Å². The summed E-state index contributed by atoms with van der Waals surface area (Å²) in [5.41, 5.74) is 1.79. The molecule has 0 saturated heterocycles. The second-order valence-electron chi connectivity index (χ2n) is 3.17. The van der Waals surface area contributed by atoms with Crippen molar-refractivity contribution in [3.8, 4) is 0 Å². The number of nitrogens with zero attached hydrogens (tertiary/aromatic N) is 1. The fourth-order valence-electron chi connectivity index (χ4n) is 1.14. The topological polar surface area (TPSA) is 78.8 Å². The number of carboxylic acid groups (broad SMARTS) is 1. The normalized spacial score (nSPS) is 11.0. The fourth-order valence-corrected chi connectivity index (χ4v) is 1.70. The number of hydrogen-bond donors (Lipinski definition) is 2. The van der Waals surface area contributed by atoms with Crippen LogP contribution in [-0.4, -0.2) is 28.4 Å². The number of aryl methyl sites for hydroxylation is 1. The Morgan fingerprint density at radius 1 is 1.59 bits per heavy atom. The summed E-state index contributed by atoms with van der Waals surface area (Å²) in [4.78, 5) is 24.1. The van der Waals surface area contributed by atoms with Crippen LogP contribution in [-0.2, 0) is 4.79 Å². The van der Waals surface area contributed by atoms with Gasteiger partial charge in [-0.15, -0.1) is 0 Å². The number of thioether (sulfide) groups is 1. The number of anilines is 1. The average Bonchev–Trinajstić information content (AvgIpc) is 2.25. The Labute approximate surface area is 103 Å². The number of hydrogen-bond acceptors (Lipinski definition) is 3. The first kappa shape index (κ1) is 13.2.